The number of carboxylic acid groups (broad SMARTS) is 1. The van der Waals surface area contributed by atoms with Crippen molar-refractivity contribution < 1.29 is 33.1 Å². The van der Waals surface area contributed by atoms with Gasteiger partial charge in [0.1, 0.15) is 11.8 Å². The summed E-state index contributed by atoms with van der Waals surface area (Å²) in [7, 11) is 0. The molecule has 0 aliphatic heterocycles. The molecule has 0 bridgehead atoms. The maximum Gasteiger partial charge on any atom is 0.408 e. The van der Waals surface area contributed by atoms with Crippen LogP contribution in [-0.2, 0) is 9.53 Å². The predicted molar refractivity (Wildman–Crippen MR) is 116 cm³/mol. The maximum absolute atomic E-state index is 13.4. The van der Waals surface area contributed by atoms with Crippen molar-refractivity contribution in [3.05, 3.63) is 40.3 Å². The van der Waals surface area contributed by atoms with Gasteiger partial charge in [0.05, 0.1) is 22.6 Å². The van der Waals surface area contributed by atoms with Crippen molar-refractivity contribution in [3.63, 3.8) is 0 Å². The monoisotopic (exact) mass is 483 g/mol. The van der Waals surface area contributed by atoms with Crippen molar-refractivity contribution in [2.24, 2.45) is 5.92 Å². The molecule has 2 unspecified atom stereocenters. The van der Waals surface area contributed by atoms with Gasteiger partial charge < -0.3 is 15.2 Å². The number of amides is 1. The molecule has 2 N–H and O–H groups in total. The number of nitrogens with one attached hydrogen (secondary N) is 1. The molecule has 0 aliphatic carbocycles. The first kappa shape index (κ1) is 26.6. The third-order valence-electron chi connectivity index (χ3n) is 4.81. The Hall–Kier alpha value is -3.64. The molecular formula is C21H27F2N5O6. The number of hydrogen-bond acceptors (Lipinski definition) is 7. The number of nitrogens with zero attached hydrogens (tertiary/aromatic N) is 4. The van der Waals surface area contributed by atoms with Gasteiger partial charge in [0.2, 0.25) is 0 Å². The topological polar surface area (TPSA) is 149 Å². The van der Waals surface area contributed by atoms with Crippen molar-refractivity contribution >= 4 is 17.7 Å². The highest BCUT2D eigenvalue weighted by Crippen LogP contribution is 2.34. The smallest absolute Gasteiger partial charge is 0.408 e. The van der Waals surface area contributed by atoms with Gasteiger partial charge in [-0.2, -0.15) is 18.6 Å². The number of rotatable bonds is 10. The number of pyridine rings is 1. The van der Waals surface area contributed by atoms with Gasteiger partial charge in [0, 0.05) is 11.8 Å². The number of alkyl carbamates (subject to hydrolysis) is 1. The Morgan fingerprint density at radius 3 is 2.56 bits per heavy atom. The number of alkyl halides is 2. The van der Waals surface area contributed by atoms with Crippen molar-refractivity contribution in [2.45, 2.75) is 65.1 Å². The van der Waals surface area contributed by atoms with E-state index in [-0.39, 0.29) is 22.4 Å². The van der Waals surface area contributed by atoms with Crippen molar-refractivity contribution in [1.29, 1.82) is 0 Å². The quantitative estimate of drug-likeness (QED) is 0.364. The lowest BCUT2D eigenvalue weighted by atomic mass is 9.99. The average Bonchev–Trinajstić information content (AvgIpc) is 3.17. The summed E-state index contributed by atoms with van der Waals surface area (Å²) in [5.74, 6) is -1.56. The highest BCUT2D eigenvalue weighted by atomic mass is 19.3. The van der Waals surface area contributed by atoms with E-state index >= 15 is 0 Å². The molecule has 11 nitrogen and oxygen atoms in total. The fraction of sp³-hybridized carbons (Fsp3) is 0.524. The van der Waals surface area contributed by atoms with Gasteiger partial charge in [-0.15, -0.1) is 0 Å². The fourth-order valence-corrected chi connectivity index (χ4v) is 3.20. The van der Waals surface area contributed by atoms with Crippen LogP contribution in [0.1, 0.15) is 65.2 Å². The molecule has 2 atom stereocenters. The van der Waals surface area contributed by atoms with Gasteiger partial charge in [-0.3, -0.25) is 19.9 Å². The zero-order chi connectivity index (χ0) is 25.6. The van der Waals surface area contributed by atoms with E-state index in [1.165, 1.54) is 18.3 Å². The van der Waals surface area contributed by atoms with Gasteiger partial charge >= 0.3 is 24.3 Å². The van der Waals surface area contributed by atoms with Gasteiger partial charge in [0.15, 0.2) is 5.69 Å². The average molecular weight is 483 g/mol. The number of nitro groups is 1. The molecule has 2 aromatic rings. The summed E-state index contributed by atoms with van der Waals surface area (Å²) >= 11 is 0. The first-order valence-electron chi connectivity index (χ1n) is 10.5. The Bertz CT molecular complexity index is 1040. The molecule has 0 fully saturated rings. The van der Waals surface area contributed by atoms with Gasteiger partial charge in [-0.1, -0.05) is 13.3 Å². The van der Waals surface area contributed by atoms with Crippen LogP contribution in [0.15, 0.2) is 24.5 Å². The van der Waals surface area contributed by atoms with Crippen molar-refractivity contribution in [1.82, 2.24) is 20.1 Å². The zero-order valence-electron chi connectivity index (χ0n) is 19.2. The van der Waals surface area contributed by atoms with E-state index in [0.717, 1.165) is 6.20 Å². The third-order valence-corrected chi connectivity index (χ3v) is 4.81. The lowest BCUT2D eigenvalue weighted by molar-refractivity contribution is -0.384. The molecule has 2 aromatic heterocycles. The van der Waals surface area contributed by atoms with Crippen LogP contribution in [0.5, 0.6) is 0 Å². The summed E-state index contributed by atoms with van der Waals surface area (Å²) in [6.45, 7) is 3.48. The van der Waals surface area contributed by atoms with Crippen LogP contribution < -0.4 is 5.32 Å². The molecule has 0 saturated carbocycles. The van der Waals surface area contributed by atoms with E-state index in [2.05, 4.69) is 15.4 Å². The summed E-state index contributed by atoms with van der Waals surface area (Å²) in [6, 6.07) is 1.91. The highest BCUT2D eigenvalue weighted by molar-refractivity contribution is 5.71. The predicted octanol–water partition coefficient (Wildman–Crippen LogP) is 4.71. The number of carboxylic acids is 1. The molecule has 186 valence electrons. The van der Waals surface area contributed by atoms with Gasteiger partial charge in [-0.25, -0.2) is 4.79 Å². The second kappa shape index (κ2) is 11.0. The van der Waals surface area contributed by atoms with E-state index in [9.17, 15) is 28.5 Å². The van der Waals surface area contributed by atoms with E-state index in [1.54, 1.807) is 27.7 Å². The molecule has 0 spiro atoms. The molecule has 13 heteroatoms. The lowest BCUT2D eigenvalue weighted by Crippen LogP contribution is -2.35. The molecule has 0 aromatic carbocycles. The maximum atomic E-state index is 13.4. The normalized spacial score (nSPS) is 13.4. The highest BCUT2D eigenvalue weighted by Gasteiger charge is 2.28. The van der Waals surface area contributed by atoms with Crippen LogP contribution in [0.3, 0.4) is 0 Å². The zero-order valence-corrected chi connectivity index (χ0v) is 19.2. The molecule has 0 aliphatic rings. The number of aliphatic carboxylic acids is 1. The fourth-order valence-electron chi connectivity index (χ4n) is 3.20. The molecule has 0 radical (unpaired) electrons. The summed E-state index contributed by atoms with van der Waals surface area (Å²) in [4.78, 5) is 38.2. The molecule has 34 heavy (non-hydrogen) atoms. The van der Waals surface area contributed by atoms with Crippen LogP contribution >= 0.6 is 0 Å². The number of halogens is 2. The Morgan fingerprint density at radius 2 is 2.00 bits per heavy atom. The van der Waals surface area contributed by atoms with Crippen LogP contribution in [0, 0.1) is 16.0 Å². The molecule has 1 amide bonds. The second-order valence-electron chi connectivity index (χ2n) is 8.70. The van der Waals surface area contributed by atoms with E-state index < -0.39 is 52.5 Å². The van der Waals surface area contributed by atoms with E-state index in [4.69, 9.17) is 9.84 Å². The van der Waals surface area contributed by atoms with Crippen molar-refractivity contribution in [3.8, 4) is 11.3 Å². The van der Waals surface area contributed by atoms with E-state index in [0.29, 0.717) is 12.8 Å². The Balaban J connectivity index is 2.40. The summed E-state index contributed by atoms with van der Waals surface area (Å²) in [6.07, 6.45) is 2.26. The van der Waals surface area contributed by atoms with Gasteiger partial charge in [0.25, 0.3) is 0 Å². The minimum absolute atomic E-state index is 0.0596. The summed E-state index contributed by atoms with van der Waals surface area (Å²) in [5, 5.41) is 26.5. The number of hydrogen-bond donors (Lipinski definition) is 2. The van der Waals surface area contributed by atoms with Crippen LogP contribution in [0.25, 0.3) is 11.3 Å². The SMILES string of the molecule is CC(CCCC(NC(=O)OC(C)(C)C)c1cc(-c2c([N+](=O)[O-])cnn2C(F)F)ccn1)C(=O)O. The van der Waals surface area contributed by atoms with Gasteiger partial charge in [-0.05, 0) is 45.7 Å². The van der Waals surface area contributed by atoms with Crippen LogP contribution in [0.4, 0.5) is 19.3 Å². The first-order chi connectivity index (χ1) is 15.8. The van der Waals surface area contributed by atoms with E-state index in [1.807, 2.05) is 0 Å². The standard InChI is InChI=1S/C21H27F2N5O6/c1-12(18(29)30)6-5-7-14(26-20(31)34-21(2,3)4)15-10-13(8-9-24-15)17-16(28(32)33)11-25-27(17)19(22)23/h8-12,14,19H,5-7H2,1-4H3,(H,26,31)(H,29,30). The minimum atomic E-state index is -3.12. The second-order valence-corrected chi connectivity index (χ2v) is 8.70. The number of aromatic nitrogens is 3. The molecule has 2 rings (SSSR count). The molecular weight excluding hydrogens is 456 g/mol. The Kier molecular flexibility index (Phi) is 8.60. The minimum Gasteiger partial charge on any atom is -0.481 e. The Morgan fingerprint density at radius 1 is 1.32 bits per heavy atom. The molecule has 2 heterocycles. The van der Waals surface area contributed by atoms with Crippen molar-refractivity contribution in [2.75, 3.05) is 0 Å². The number of ether oxygens (including phenoxy) is 1. The number of carbonyl (C=O) groups is 2. The molecule has 0 saturated heterocycles. The summed E-state index contributed by atoms with van der Waals surface area (Å²) in [5.41, 5.74) is -1.50. The Labute approximate surface area is 194 Å². The third kappa shape index (κ3) is 7.18. The lowest BCUT2D eigenvalue weighted by Gasteiger charge is -2.24. The first-order valence-corrected chi connectivity index (χ1v) is 10.5. The summed E-state index contributed by atoms with van der Waals surface area (Å²) < 4.78 is 32.4. The number of carbonyl (C=O) groups excluding carboxylic acids is 1. The van der Waals surface area contributed by atoms with Crippen LogP contribution in [-0.4, -0.2) is 42.5 Å². The largest absolute Gasteiger partial charge is 0.481 e. The van der Waals surface area contributed by atoms with Crippen LogP contribution in [0.2, 0.25) is 0 Å².